The van der Waals surface area contributed by atoms with Crippen molar-refractivity contribution in [2.75, 3.05) is 19.7 Å². The van der Waals surface area contributed by atoms with E-state index in [0.29, 0.717) is 11.1 Å². The molecule has 1 aliphatic rings. The van der Waals surface area contributed by atoms with Crippen molar-refractivity contribution in [3.05, 3.63) is 119 Å². The number of ether oxygens (including phenoxy) is 1. The number of nitrogens with zero attached hydrogens (tertiary/aromatic N) is 2. The minimum atomic E-state index is -0.538. The topological polar surface area (TPSA) is 104 Å². The van der Waals surface area contributed by atoms with Crippen molar-refractivity contribution in [2.24, 2.45) is 9.98 Å². The number of benzene rings is 4. The summed E-state index contributed by atoms with van der Waals surface area (Å²) >= 11 is 0. The number of hydrogen-bond acceptors (Lipinski definition) is 6. The summed E-state index contributed by atoms with van der Waals surface area (Å²) < 4.78 is 5.65. The van der Waals surface area contributed by atoms with Crippen LogP contribution in [0.1, 0.15) is 28.2 Å². The van der Waals surface area contributed by atoms with Gasteiger partial charge in [-0.3, -0.25) is 9.98 Å². The van der Waals surface area contributed by atoms with E-state index in [2.05, 4.69) is 39.6 Å². The molecule has 4 aromatic carbocycles. The van der Waals surface area contributed by atoms with Crippen molar-refractivity contribution in [2.45, 2.75) is 12.0 Å². The summed E-state index contributed by atoms with van der Waals surface area (Å²) in [6, 6.07) is 29.7. The molecule has 0 saturated carbocycles. The van der Waals surface area contributed by atoms with Gasteiger partial charge >= 0.3 is 6.09 Å². The third-order valence-electron chi connectivity index (χ3n) is 6.67. The first-order valence-electron chi connectivity index (χ1n) is 12.8. The van der Waals surface area contributed by atoms with Crippen LogP contribution in [-0.4, -0.2) is 54.5 Å². The molecular formula is C32H29N3O4. The maximum atomic E-state index is 12.7. The van der Waals surface area contributed by atoms with Gasteiger partial charge in [0, 0.05) is 36.0 Å². The molecule has 3 N–H and O–H groups in total. The fourth-order valence-electron chi connectivity index (χ4n) is 4.67. The zero-order valence-electron chi connectivity index (χ0n) is 21.3. The Morgan fingerprint density at radius 2 is 1.33 bits per heavy atom. The molecule has 196 valence electrons. The molecule has 0 bridgehead atoms. The molecule has 1 unspecified atom stereocenters. The average molecular weight is 520 g/mol. The highest BCUT2D eigenvalue weighted by Crippen LogP contribution is 2.44. The van der Waals surface area contributed by atoms with Crippen LogP contribution in [0.25, 0.3) is 11.1 Å². The summed E-state index contributed by atoms with van der Waals surface area (Å²) in [6.07, 6.45) is 2.60. The van der Waals surface area contributed by atoms with E-state index in [1.807, 2.05) is 30.3 Å². The second-order valence-electron chi connectivity index (χ2n) is 9.25. The van der Waals surface area contributed by atoms with Gasteiger partial charge in [-0.15, -0.1) is 0 Å². The van der Waals surface area contributed by atoms with Gasteiger partial charge in [-0.25, -0.2) is 4.79 Å². The fraction of sp³-hybridized carbons (Fsp3) is 0.156. The largest absolute Gasteiger partial charge is 0.507 e. The summed E-state index contributed by atoms with van der Waals surface area (Å²) in [4.78, 5) is 21.7. The molecule has 7 nitrogen and oxygen atoms in total. The molecule has 0 saturated heterocycles. The Kier molecular flexibility index (Phi) is 7.98. The van der Waals surface area contributed by atoms with Crippen LogP contribution in [-0.2, 0) is 4.74 Å². The van der Waals surface area contributed by atoms with Crippen LogP contribution in [0.3, 0.4) is 0 Å². The van der Waals surface area contributed by atoms with E-state index in [9.17, 15) is 15.0 Å². The van der Waals surface area contributed by atoms with Gasteiger partial charge in [0.05, 0.1) is 12.6 Å². The number of nitrogens with one attached hydrogen (secondary N) is 1. The van der Waals surface area contributed by atoms with E-state index in [0.717, 1.165) is 11.1 Å². The first-order chi connectivity index (χ1) is 19.1. The number of aromatic hydroxyl groups is 2. The van der Waals surface area contributed by atoms with Crippen molar-refractivity contribution in [3.63, 3.8) is 0 Å². The van der Waals surface area contributed by atoms with Crippen LogP contribution in [0.15, 0.2) is 107 Å². The van der Waals surface area contributed by atoms with Gasteiger partial charge in [-0.05, 0) is 46.5 Å². The Labute approximate surface area is 227 Å². The standard InChI is InChI=1S/C32H29N3O4/c36-30-15-7-1-9-22(30)17-33-19-24(34-18-23-10-2-8-16-31(23)37)20-35-32(38)39-21-29-27-13-5-3-11-25(27)26-12-4-6-14-28(26)29/h1-18,24,29,36-37H,19-21H2,(H,35,38). The molecule has 0 radical (unpaired) electrons. The van der Waals surface area contributed by atoms with E-state index < -0.39 is 12.1 Å². The number of hydrogen-bond donors (Lipinski definition) is 3. The fourth-order valence-corrected chi connectivity index (χ4v) is 4.67. The summed E-state index contributed by atoms with van der Waals surface area (Å²) in [7, 11) is 0. The lowest BCUT2D eigenvalue weighted by atomic mass is 9.98. The van der Waals surface area contributed by atoms with Crippen LogP contribution >= 0.6 is 0 Å². The zero-order chi connectivity index (χ0) is 27.0. The maximum Gasteiger partial charge on any atom is 0.407 e. The molecule has 1 aliphatic carbocycles. The molecule has 1 amide bonds. The van der Waals surface area contributed by atoms with E-state index in [1.165, 1.54) is 11.1 Å². The molecule has 39 heavy (non-hydrogen) atoms. The smallest absolute Gasteiger partial charge is 0.407 e. The third kappa shape index (κ3) is 6.15. The normalized spacial score (nSPS) is 13.3. The van der Waals surface area contributed by atoms with E-state index in [1.54, 1.807) is 54.9 Å². The van der Waals surface area contributed by atoms with Crippen molar-refractivity contribution in [3.8, 4) is 22.6 Å². The highest BCUT2D eigenvalue weighted by molar-refractivity contribution is 5.84. The molecule has 1 atom stereocenters. The minimum Gasteiger partial charge on any atom is -0.507 e. The summed E-state index contributed by atoms with van der Waals surface area (Å²) in [6.45, 7) is 0.651. The predicted octanol–water partition coefficient (Wildman–Crippen LogP) is 5.54. The second kappa shape index (κ2) is 12.1. The van der Waals surface area contributed by atoms with E-state index >= 15 is 0 Å². The number of carbonyl (C=O) groups excluding carboxylic acids is 1. The van der Waals surface area contributed by atoms with Crippen molar-refractivity contribution < 1.29 is 19.7 Å². The number of phenolic OH excluding ortho intramolecular Hbond substituents is 2. The van der Waals surface area contributed by atoms with Gasteiger partial charge in [-0.2, -0.15) is 0 Å². The number of para-hydroxylation sites is 2. The van der Waals surface area contributed by atoms with Crippen LogP contribution in [0.2, 0.25) is 0 Å². The molecular weight excluding hydrogens is 490 g/mol. The van der Waals surface area contributed by atoms with Gasteiger partial charge in [0.2, 0.25) is 0 Å². The lowest BCUT2D eigenvalue weighted by molar-refractivity contribution is 0.142. The van der Waals surface area contributed by atoms with Gasteiger partial charge in [0.1, 0.15) is 18.1 Å². The van der Waals surface area contributed by atoms with Crippen LogP contribution < -0.4 is 5.32 Å². The zero-order valence-corrected chi connectivity index (χ0v) is 21.3. The summed E-state index contributed by atoms with van der Waals surface area (Å²) in [5, 5.41) is 22.9. The molecule has 7 heteroatoms. The second-order valence-corrected chi connectivity index (χ2v) is 9.25. The van der Waals surface area contributed by atoms with Crippen molar-refractivity contribution in [1.82, 2.24) is 5.32 Å². The molecule has 0 fully saturated rings. The third-order valence-corrected chi connectivity index (χ3v) is 6.67. The minimum absolute atomic E-state index is 0.0267. The first-order valence-corrected chi connectivity index (χ1v) is 12.8. The Balaban J connectivity index is 1.23. The number of rotatable bonds is 9. The molecule has 4 aromatic rings. The highest BCUT2D eigenvalue weighted by atomic mass is 16.5. The molecule has 5 rings (SSSR count). The Bertz CT molecular complexity index is 1470. The molecule has 0 spiro atoms. The Morgan fingerprint density at radius 1 is 0.795 bits per heavy atom. The number of fused-ring (bicyclic) bond motifs is 3. The molecule has 0 heterocycles. The number of aliphatic imine (C=N–C) groups is 2. The van der Waals surface area contributed by atoms with E-state index in [4.69, 9.17) is 4.74 Å². The lowest BCUT2D eigenvalue weighted by Crippen LogP contribution is -2.34. The van der Waals surface area contributed by atoms with Gasteiger partial charge < -0.3 is 20.3 Å². The maximum absolute atomic E-state index is 12.7. The Morgan fingerprint density at radius 3 is 1.95 bits per heavy atom. The average Bonchev–Trinajstić information content (AvgIpc) is 3.28. The van der Waals surface area contributed by atoms with Gasteiger partial charge in [-0.1, -0.05) is 72.8 Å². The SMILES string of the molecule is O=C(NCC(CN=Cc1ccccc1O)N=Cc1ccccc1O)OCC1c2ccccc2-c2ccccc21. The Hall–Kier alpha value is -4.91. The number of carbonyl (C=O) groups is 1. The van der Waals surface area contributed by atoms with Crippen LogP contribution in [0.4, 0.5) is 4.79 Å². The van der Waals surface area contributed by atoms with Crippen molar-refractivity contribution in [1.29, 1.82) is 0 Å². The van der Waals surface area contributed by atoms with Gasteiger partial charge in [0.15, 0.2) is 0 Å². The van der Waals surface area contributed by atoms with Crippen LogP contribution in [0, 0.1) is 0 Å². The number of phenols is 2. The quantitative estimate of drug-likeness (QED) is 0.253. The number of amides is 1. The monoisotopic (exact) mass is 519 g/mol. The summed E-state index contributed by atoms with van der Waals surface area (Å²) in [5.74, 6) is 0.218. The first kappa shape index (κ1) is 25.7. The summed E-state index contributed by atoms with van der Waals surface area (Å²) in [5.41, 5.74) is 5.79. The molecule has 0 aromatic heterocycles. The van der Waals surface area contributed by atoms with E-state index in [-0.39, 0.29) is 37.1 Å². The van der Waals surface area contributed by atoms with Gasteiger partial charge in [0.25, 0.3) is 0 Å². The molecule has 0 aliphatic heterocycles. The van der Waals surface area contributed by atoms with Crippen LogP contribution in [0.5, 0.6) is 11.5 Å². The highest BCUT2D eigenvalue weighted by Gasteiger charge is 2.29. The lowest BCUT2D eigenvalue weighted by Gasteiger charge is -2.16. The predicted molar refractivity (Wildman–Crippen MR) is 153 cm³/mol. The number of alkyl carbamates (subject to hydrolysis) is 1. The van der Waals surface area contributed by atoms with Crippen molar-refractivity contribution >= 4 is 18.5 Å².